The van der Waals surface area contributed by atoms with E-state index in [2.05, 4.69) is 207 Å². The normalized spacial score (nSPS) is 11.6. The van der Waals surface area contributed by atoms with Crippen LogP contribution >= 0.6 is 0 Å². The standard InChI is InChI=1S/C64H58/c1-2-3-4-5-6-7-8-9-10-14-27-55-44-60(52-34-28-49(29-35-52)46-21-15-11-16-22-46)57-42-43-59-62(54-38-32-51(33-39-54)48-25-19-13-20-26-48)45-61(58-41-40-56(55)63(57)64(58)59)53-36-30-50(31-37-53)47-23-17-12-18-24-47/h11-13,15-26,28-45H,2-10,14,27H2,1H3. The predicted octanol–water partition coefficient (Wildman–Crippen LogP) is 19.0. The molecule has 0 bridgehead atoms. The molecule has 314 valence electrons. The summed E-state index contributed by atoms with van der Waals surface area (Å²) in [7, 11) is 0. The summed E-state index contributed by atoms with van der Waals surface area (Å²) >= 11 is 0. The summed E-state index contributed by atoms with van der Waals surface area (Å²) in [6.07, 6.45) is 14.5. The second kappa shape index (κ2) is 19.3. The van der Waals surface area contributed by atoms with Crippen molar-refractivity contribution in [3.8, 4) is 66.8 Å². The summed E-state index contributed by atoms with van der Waals surface area (Å²) in [5.74, 6) is 0. The first kappa shape index (κ1) is 41.3. The fraction of sp³-hybridized carbons (Fsp3) is 0.188. The van der Waals surface area contributed by atoms with E-state index in [0.29, 0.717) is 0 Å². The van der Waals surface area contributed by atoms with Crippen LogP contribution in [0.1, 0.15) is 76.7 Å². The summed E-state index contributed by atoms with van der Waals surface area (Å²) in [5.41, 5.74) is 16.5. The molecule has 10 aromatic carbocycles. The Balaban J connectivity index is 1.11. The number of benzene rings is 10. The first-order chi connectivity index (χ1) is 31.7. The summed E-state index contributed by atoms with van der Waals surface area (Å²) in [6, 6.07) is 74.7. The number of aryl methyl sites for hydroxylation is 1. The van der Waals surface area contributed by atoms with Gasteiger partial charge in [0.2, 0.25) is 0 Å². The number of hydrogen-bond acceptors (Lipinski definition) is 0. The van der Waals surface area contributed by atoms with Gasteiger partial charge in [-0.15, -0.1) is 0 Å². The summed E-state index contributed by atoms with van der Waals surface area (Å²) in [5, 5.41) is 8.11. The Morgan fingerprint density at radius 1 is 0.250 bits per heavy atom. The second-order valence-corrected chi connectivity index (χ2v) is 17.9. The molecule has 0 aromatic heterocycles. The quantitative estimate of drug-likeness (QED) is 0.0634. The Kier molecular flexibility index (Phi) is 12.5. The van der Waals surface area contributed by atoms with Gasteiger partial charge in [0.05, 0.1) is 0 Å². The van der Waals surface area contributed by atoms with Crippen molar-refractivity contribution in [1.29, 1.82) is 0 Å². The van der Waals surface area contributed by atoms with Crippen molar-refractivity contribution >= 4 is 32.3 Å². The molecule has 10 rings (SSSR count). The van der Waals surface area contributed by atoms with Crippen molar-refractivity contribution in [1.82, 2.24) is 0 Å². The van der Waals surface area contributed by atoms with Crippen LogP contribution in [0.25, 0.3) is 99.1 Å². The van der Waals surface area contributed by atoms with Crippen molar-refractivity contribution in [3.63, 3.8) is 0 Å². The number of rotatable bonds is 17. The monoisotopic (exact) mass is 826 g/mol. The second-order valence-electron chi connectivity index (χ2n) is 17.9. The van der Waals surface area contributed by atoms with E-state index in [4.69, 9.17) is 0 Å². The fourth-order valence-electron chi connectivity index (χ4n) is 10.2. The van der Waals surface area contributed by atoms with Gasteiger partial charge in [-0.05, 0) is 130 Å². The van der Waals surface area contributed by atoms with Crippen molar-refractivity contribution < 1.29 is 0 Å². The van der Waals surface area contributed by atoms with Crippen LogP contribution in [-0.2, 0) is 6.42 Å². The van der Waals surface area contributed by atoms with E-state index >= 15 is 0 Å². The largest absolute Gasteiger partial charge is 0.0654 e. The maximum absolute atomic E-state index is 2.54. The van der Waals surface area contributed by atoms with Gasteiger partial charge in [0, 0.05) is 0 Å². The lowest BCUT2D eigenvalue weighted by atomic mass is 9.82. The molecule has 0 amide bonds. The maximum Gasteiger partial charge on any atom is -0.00140 e. The minimum Gasteiger partial charge on any atom is -0.0654 e. The Morgan fingerprint density at radius 2 is 0.547 bits per heavy atom. The van der Waals surface area contributed by atoms with Gasteiger partial charge in [-0.3, -0.25) is 0 Å². The van der Waals surface area contributed by atoms with E-state index in [-0.39, 0.29) is 0 Å². The lowest BCUT2D eigenvalue weighted by Crippen LogP contribution is -1.96. The van der Waals surface area contributed by atoms with Crippen molar-refractivity contribution in [3.05, 3.63) is 206 Å². The highest BCUT2D eigenvalue weighted by Gasteiger charge is 2.21. The van der Waals surface area contributed by atoms with E-state index in [1.807, 2.05) is 0 Å². The van der Waals surface area contributed by atoms with Crippen molar-refractivity contribution in [2.75, 3.05) is 0 Å². The average molecular weight is 827 g/mol. The highest BCUT2D eigenvalue weighted by atomic mass is 14.2. The minimum absolute atomic E-state index is 1.08. The van der Waals surface area contributed by atoms with Crippen LogP contribution < -0.4 is 0 Å². The molecule has 0 aliphatic carbocycles. The highest BCUT2D eigenvalue weighted by Crippen LogP contribution is 2.47. The molecule has 0 N–H and O–H groups in total. The molecule has 0 fully saturated rings. The van der Waals surface area contributed by atoms with E-state index in [0.717, 1.165) is 6.42 Å². The van der Waals surface area contributed by atoms with Crippen LogP contribution in [0, 0.1) is 0 Å². The van der Waals surface area contributed by atoms with Gasteiger partial charge >= 0.3 is 0 Å². The third kappa shape index (κ3) is 8.63. The molecule has 0 saturated heterocycles. The van der Waals surface area contributed by atoms with Crippen molar-refractivity contribution in [2.45, 2.75) is 77.6 Å². The summed E-state index contributed by atoms with van der Waals surface area (Å²) in [6.45, 7) is 2.30. The molecule has 0 saturated carbocycles. The minimum atomic E-state index is 1.08. The molecule has 64 heavy (non-hydrogen) atoms. The first-order valence-corrected chi connectivity index (χ1v) is 24.0. The average Bonchev–Trinajstić information content (AvgIpc) is 3.37. The molecule has 10 aromatic rings. The Hall–Kier alpha value is -6.76. The van der Waals surface area contributed by atoms with Crippen LogP contribution in [0.15, 0.2) is 200 Å². The van der Waals surface area contributed by atoms with Crippen LogP contribution in [0.2, 0.25) is 0 Å². The van der Waals surface area contributed by atoms with E-state index in [1.165, 1.54) is 169 Å². The Labute approximate surface area is 380 Å². The molecule has 0 aliphatic rings. The molecule has 0 heterocycles. The number of hydrogen-bond donors (Lipinski definition) is 0. The van der Waals surface area contributed by atoms with Gasteiger partial charge in [-0.2, -0.15) is 0 Å². The smallest absolute Gasteiger partial charge is 0.00140 e. The molecule has 0 radical (unpaired) electrons. The molecule has 0 spiro atoms. The highest BCUT2D eigenvalue weighted by molar-refractivity contribution is 6.30. The molecule has 0 nitrogen and oxygen atoms in total. The van der Waals surface area contributed by atoms with Crippen molar-refractivity contribution in [2.24, 2.45) is 0 Å². The molecule has 0 heteroatoms. The van der Waals surface area contributed by atoms with Gasteiger partial charge < -0.3 is 0 Å². The van der Waals surface area contributed by atoms with Crippen LogP contribution in [-0.4, -0.2) is 0 Å². The van der Waals surface area contributed by atoms with Crippen LogP contribution in [0.5, 0.6) is 0 Å². The van der Waals surface area contributed by atoms with Gasteiger partial charge in [-0.25, -0.2) is 0 Å². The molecular weight excluding hydrogens is 769 g/mol. The fourth-order valence-corrected chi connectivity index (χ4v) is 10.2. The molecular formula is C64H58. The lowest BCUT2D eigenvalue weighted by molar-refractivity contribution is 0.556. The first-order valence-electron chi connectivity index (χ1n) is 24.0. The molecule has 0 aliphatic heterocycles. The molecule has 0 unspecified atom stereocenters. The summed E-state index contributed by atoms with van der Waals surface area (Å²) < 4.78 is 0. The third-order valence-electron chi connectivity index (χ3n) is 13.7. The third-order valence-corrected chi connectivity index (χ3v) is 13.7. The van der Waals surface area contributed by atoms with Crippen LogP contribution in [0.4, 0.5) is 0 Å². The topological polar surface area (TPSA) is 0 Å². The SMILES string of the molecule is CCCCCCCCCCCCc1cc(-c2ccc(-c3ccccc3)cc2)c2ccc3c(-c4ccc(-c5ccccc5)cc4)cc(-c4ccc(-c5ccccc5)cc4)c4ccc1c2c43. The Bertz CT molecular complexity index is 2970. The van der Waals surface area contributed by atoms with Gasteiger partial charge in [0.1, 0.15) is 0 Å². The zero-order chi connectivity index (χ0) is 43.1. The Morgan fingerprint density at radius 3 is 0.938 bits per heavy atom. The van der Waals surface area contributed by atoms with E-state index < -0.39 is 0 Å². The van der Waals surface area contributed by atoms with Crippen LogP contribution in [0.3, 0.4) is 0 Å². The van der Waals surface area contributed by atoms with E-state index in [1.54, 1.807) is 0 Å². The maximum atomic E-state index is 2.54. The van der Waals surface area contributed by atoms with Gasteiger partial charge in [0.25, 0.3) is 0 Å². The van der Waals surface area contributed by atoms with Gasteiger partial charge in [0.15, 0.2) is 0 Å². The lowest BCUT2D eigenvalue weighted by Gasteiger charge is -2.22. The predicted molar refractivity (Wildman–Crippen MR) is 278 cm³/mol. The zero-order valence-electron chi connectivity index (χ0n) is 37.3. The molecule has 0 atom stereocenters. The number of unbranched alkanes of at least 4 members (excludes halogenated alkanes) is 9. The van der Waals surface area contributed by atoms with E-state index in [9.17, 15) is 0 Å². The zero-order valence-corrected chi connectivity index (χ0v) is 37.3. The van der Waals surface area contributed by atoms with Gasteiger partial charge in [-0.1, -0.05) is 253 Å². The summed E-state index contributed by atoms with van der Waals surface area (Å²) in [4.78, 5) is 0.